The second-order valence-corrected chi connectivity index (χ2v) is 6.40. The number of rotatable bonds is 6. The van der Waals surface area contributed by atoms with E-state index in [-0.39, 0.29) is 18.5 Å². The summed E-state index contributed by atoms with van der Waals surface area (Å²) in [7, 11) is 0. The third-order valence-corrected chi connectivity index (χ3v) is 4.52. The minimum absolute atomic E-state index is 0.0945. The van der Waals surface area contributed by atoms with Crippen LogP contribution < -0.4 is 14.8 Å². The first-order chi connectivity index (χ1) is 12.8. The van der Waals surface area contributed by atoms with Crippen LogP contribution in [-0.4, -0.2) is 38.6 Å². The molecule has 0 fully saturated rings. The highest BCUT2D eigenvalue weighted by molar-refractivity contribution is 7.99. The molecule has 1 amide bonds. The van der Waals surface area contributed by atoms with Crippen LogP contribution in [0, 0.1) is 0 Å². The topological polar surface area (TPSA) is 102 Å². The van der Waals surface area contributed by atoms with Crippen LogP contribution in [0.4, 0.5) is 0 Å². The van der Waals surface area contributed by atoms with Crippen molar-refractivity contribution in [2.45, 2.75) is 11.7 Å². The second-order valence-electron chi connectivity index (χ2n) is 5.46. The number of thioether (sulfide) groups is 1. The fourth-order valence-electron chi connectivity index (χ4n) is 2.38. The predicted molar refractivity (Wildman–Crippen MR) is 94.7 cm³/mol. The molecule has 9 heteroatoms. The Morgan fingerprint density at radius 3 is 2.92 bits per heavy atom. The van der Waals surface area contributed by atoms with Gasteiger partial charge in [-0.05, 0) is 29.8 Å². The molecule has 0 unspecified atom stereocenters. The Morgan fingerprint density at radius 2 is 2.04 bits per heavy atom. The molecule has 132 valence electrons. The Kier molecular flexibility index (Phi) is 4.69. The standard InChI is InChI=1S/C17H15N5O3S/c23-15(19-8-11-1-2-13-14(7-11)25-10-24-13)9-26-17-20-16(21-22-17)12-3-5-18-6-4-12/h1-7H,8-10H2,(H,19,23)(H,20,21,22). The van der Waals surface area contributed by atoms with E-state index in [4.69, 9.17) is 9.47 Å². The van der Waals surface area contributed by atoms with Crippen molar-refractivity contribution in [3.05, 3.63) is 48.3 Å². The molecule has 2 N–H and O–H groups in total. The van der Waals surface area contributed by atoms with E-state index < -0.39 is 0 Å². The summed E-state index contributed by atoms with van der Waals surface area (Å²) < 4.78 is 10.6. The van der Waals surface area contributed by atoms with E-state index in [0.717, 1.165) is 16.9 Å². The van der Waals surface area contributed by atoms with Gasteiger partial charge in [0.15, 0.2) is 17.3 Å². The van der Waals surface area contributed by atoms with Crippen LogP contribution in [0.5, 0.6) is 11.5 Å². The normalized spacial score (nSPS) is 12.2. The molecule has 4 rings (SSSR count). The average molecular weight is 369 g/mol. The number of nitrogens with one attached hydrogen (secondary N) is 2. The fourth-order valence-corrected chi connectivity index (χ4v) is 3.01. The molecule has 0 saturated heterocycles. The Morgan fingerprint density at radius 1 is 1.19 bits per heavy atom. The van der Waals surface area contributed by atoms with E-state index in [1.807, 2.05) is 30.3 Å². The number of nitrogens with zero attached hydrogens (tertiary/aromatic N) is 3. The molecule has 0 radical (unpaired) electrons. The lowest BCUT2D eigenvalue weighted by Gasteiger charge is -2.05. The lowest BCUT2D eigenvalue weighted by Crippen LogP contribution is -2.24. The summed E-state index contributed by atoms with van der Waals surface area (Å²) >= 11 is 1.27. The minimum Gasteiger partial charge on any atom is -0.454 e. The molecule has 1 aliphatic heterocycles. The van der Waals surface area contributed by atoms with Crippen LogP contribution in [0.2, 0.25) is 0 Å². The van der Waals surface area contributed by atoms with Crippen LogP contribution in [0.3, 0.4) is 0 Å². The van der Waals surface area contributed by atoms with Crippen molar-refractivity contribution in [2.24, 2.45) is 0 Å². The maximum atomic E-state index is 12.0. The van der Waals surface area contributed by atoms with Gasteiger partial charge < -0.3 is 14.8 Å². The molecule has 0 spiro atoms. The zero-order valence-electron chi connectivity index (χ0n) is 13.6. The van der Waals surface area contributed by atoms with Gasteiger partial charge in [0.25, 0.3) is 0 Å². The monoisotopic (exact) mass is 369 g/mol. The molecule has 1 aromatic carbocycles. The minimum atomic E-state index is -0.0945. The van der Waals surface area contributed by atoms with Crippen molar-refractivity contribution < 1.29 is 14.3 Å². The van der Waals surface area contributed by atoms with Gasteiger partial charge in [0.2, 0.25) is 17.9 Å². The number of ether oxygens (including phenoxy) is 2. The van der Waals surface area contributed by atoms with Gasteiger partial charge >= 0.3 is 0 Å². The third kappa shape index (κ3) is 3.77. The number of H-pyrrole nitrogens is 1. The average Bonchev–Trinajstić information content (AvgIpc) is 3.34. The highest BCUT2D eigenvalue weighted by atomic mass is 32.2. The quantitative estimate of drug-likeness (QED) is 0.641. The Bertz CT molecular complexity index is 916. The van der Waals surface area contributed by atoms with Crippen molar-refractivity contribution in [3.8, 4) is 22.9 Å². The van der Waals surface area contributed by atoms with Gasteiger partial charge in [0.05, 0.1) is 5.75 Å². The molecule has 1 aliphatic rings. The number of hydrogen-bond donors (Lipinski definition) is 2. The molecule has 8 nitrogen and oxygen atoms in total. The number of carbonyl (C=O) groups is 1. The van der Waals surface area contributed by atoms with E-state index >= 15 is 0 Å². The van der Waals surface area contributed by atoms with Gasteiger partial charge in [0, 0.05) is 24.5 Å². The lowest BCUT2D eigenvalue weighted by atomic mass is 10.2. The van der Waals surface area contributed by atoms with E-state index in [1.165, 1.54) is 11.8 Å². The van der Waals surface area contributed by atoms with Crippen molar-refractivity contribution in [1.82, 2.24) is 25.5 Å². The number of aromatic nitrogens is 4. The highest BCUT2D eigenvalue weighted by Gasteiger charge is 2.14. The van der Waals surface area contributed by atoms with Crippen LogP contribution in [-0.2, 0) is 11.3 Å². The number of benzene rings is 1. The molecular weight excluding hydrogens is 354 g/mol. The molecule has 0 saturated carbocycles. The van der Waals surface area contributed by atoms with Crippen molar-refractivity contribution in [3.63, 3.8) is 0 Å². The van der Waals surface area contributed by atoms with Crippen LogP contribution >= 0.6 is 11.8 Å². The summed E-state index contributed by atoms with van der Waals surface area (Å²) in [5, 5.41) is 10.4. The molecule has 2 aromatic heterocycles. The van der Waals surface area contributed by atoms with Gasteiger partial charge in [0.1, 0.15) is 0 Å². The number of hydrogen-bond acceptors (Lipinski definition) is 7. The first-order valence-electron chi connectivity index (χ1n) is 7.89. The SMILES string of the molecule is O=C(CSc1n[nH]c(-c2ccncc2)n1)NCc1ccc2c(c1)OCO2. The Balaban J connectivity index is 1.27. The summed E-state index contributed by atoms with van der Waals surface area (Å²) in [6.45, 7) is 0.659. The maximum Gasteiger partial charge on any atom is 0.231 e. The number of fused-ring (bicyclic) bond motifs is 1. The Hall–Kier alpha value is -3.07. The Labute approximate surface area is 153 Å². The molecule has 26 heavy (non-hydrogen) atoms. The lowest BCUT2D eigenvalue weighted by molar-refractivity contribution is -0.118. The van der Waals surface area contributed by atoms with Crippen molar-refractivity contribution in [2.75, 3.05) is 12.5 Å². The van der Waals surface area contributed by atoms with Crippen LogP contribution in [0.1, 0.15) is 5.56 Å². The van der Waals surface area contributed by atoms with Gasteiger partial charge in [-0.25, -0.2) is 4.98 Å². The van der Waals surface area contributed by atoms with E-state index in [9.17, 15) is 4.79 Å². The summed E-state index contributed by atoms with van der Waals surface area (Å²) in [6.07, 6.45) is 3.38. The van der Waals surface area contributed by atoms with Crippen LogP contribution in [0.15, 0.2) is 47.9 Å². The fraction of sp³-hybridized carbons (Fsp3) is 0.176. The third-order valence-electron chi connectivity index (χ3n) is 3.68. The molecule has 3 heterocycles. The zero-order valence-corrected chi connectivity index (χ0v) is 14.5. The van der Waals surface area contributed by atoms with Gasteiger partial charge in [-0.3, -0.25) is 14.9 Å². The number of amides is 1. The van der Waals surface area contributed by atoms with E-state index in [0.29, 0.717) is 23.3 Å². The van der Waals surface area contributed by atoms with Gasteiger partial charge in [-0.1, -0.05) is 17.8 Å². The zero-order chi connectivity index (χ0) is 17.8. The summed E-state index contributed by atoms with van der Waals surface area (Å²) in [4.78, 5) is 20.4. The van der Waals surface area contributed by atoms with Crippen molar-refractivity contribution in [1.29, 1.82) is 0 Å². The van der Waals surface area contributed by atoms with Crippen molar-refractivity contribution >= 4 is 17.7 Å². The predicted octanol–water partition coefficient (Wildman–Crippen LogP) is 2.00. The highest BCUT2D eigenvalue weighted by Crippen LogP contribution is 2.32. The summed E-state index contributed by atoms with van der Waals surface area (Å²) in [5.41, 5.74) is 1.84. The molecular formula is C17H15N5O3S. The summed E-state index contributed by atoms with van der Waals surface area (Å²) in [6, 6.07) is 9.29. The first-order valence-corrected chi connectivity index (χ1v) is 8.87. The number of pyridine rings is 1. The number of carbonyl (C=O) groups excluding carboxylic acids is 1. The molecule has 0 atom stereocenters. The van der Waals surface area contributed by atoms with Crippen LogP contribution in [0.25, 0.3) is 11.4 Å². The first kappa shape index (κ1) is 16.4. The van der Waals surface area contributed by atoms with E-state index in [1.54, 1.807) is 12.4 Å². The van der Waals surface area contributed by atoms with Gasteiger partial charge in [-0.2, -0.15) is 0 Å². The number of aromatic amines is 1. The molecule has 0 aliphatic carbocycles. The largest absolute Gasteiger partial charge is 0.454 e. The summed E-state index contributed by atoms with van der Waals surface area (Å²) in [5.74, 6) is 2.22. The second kappa shape index (κ2) is 7.44. The van der Waals surface area contributed by atoms with E-state index in [2.05, 4.69) is 25.5 Å². The molecule has 3 aromatic rings. The maximum absolute atomic E-state index is 12.0. The molecule has 0 bridgehead atoms. The van der Waals surface area contributed by atoms with Gasteiger partial charge in [-0.15, -0.1) is 5.10 Å². The smallest absolute Gasteiger partial charge is 0.231 e.